The average Bonchev–Trinajstić information content (AvgIpc) is 2.53. The third-order valence-corrected chi connectivity index (χ3v) is 3.60. The van der Waals surface area contributed by atoms with Gasteiger partial charge in [0.25, 0.3) is 0 Å². The highest BCUT2D eigenvalue weighted by Crippen LogP contribution is 2.29. The van der Waals surface area contributed by atoms with Gasteiger partial charge < -0.3 is 9.47 Å². The zero-order valence-electron chi connectivity index (χ0n) is 14.3. The number of carbonyl (C=O) groups is 1. The van der Waals surface area contributed by atoms with E-state index in [1.165, 1.54) is 0 Å². The Hall–Kier alpha value is -2.29. The molecule has 0 saturated heterocycles. The predicted octanol–water partition coefficient (Wildman–Crippen LogP) is 4.61. The summed E-state index contributed by atoms with van der Waals surface area (Å²) in [7, 11) is 1.63. The van der Waals surface area contributed by atoms with Crippen LogP contribution in [0.1, 0.15) is 41.8 Å². The molecule has 0 aromatic heterocycles. The molecule has 0 radical (unpaired) electrons. The average molecular weight is 312 g/mol. The van der Waals surface area contributed by atoms with Crippen molar-refractivity contribution in [2.24, 2.45) is 0 Å². The maximum absolute atomic E-state index is 12.3. The lowest BCUT2D eigenvalue weighted by Crippen LogP contribution is -2.07. The Morgan fingerprint density at radius 1 is 1.04 bits per heavy atom. The summed E-state index contributed by atoms with van der Waals surface area (Å²) in [4.78, 5) is 12.3. The summed E-state index contributed by atoms with van der Waals surface area (Å²) >= 11 is 0. The second kappa shape index (κ2) is 7.82. The van der Waals surface area contributed by atoms with Crippen molar-refractivity contribution in [3.63, 3.8) is 0 Å². The molecule has 0 aliphatic carbocycles. The van der Waals surface area contributed by atoms with Crippen LogP contribution < -0.4 is 9.47 Å². The summed E-state index contributed by atoms with van der Waals surface area (Å²) < 4.78 is 11.1. The van der Waals surface area contributed by atoms with Crippen molar-refractivity contribution >= 4 is 5.78 Å². The predicted molar refractivity (Wildman–Crippen MR) is 92.6 cm³/mol. The highest BCUT2D eigenvalue weighted by molar-refractivity contribution is 5.96. The van der Waals surface area contributed by atoms with E-state index < -0.39 is 0 Å². The number of carbonyl (C=O) groups excluding carboxylic acids is 1. The number of aryl methyl sites for hydroxylation is 2. The molecular formula is C20H24O3. The smallest absolute Gasteiger partial charge is 0.163 e. The first kappa shape index (κ1) is 17.1. The van der Waals surface area contributed by atoms with Gasteiger partial charge in [-0.05, 0) is 44.9 Å². The molecule has 2 aromatic carbocycles. The fraction of sp³-hybridized carbons (Fsp3) is 0.350. The van der Waals surface area contributed by atoms with Crippen LogP contribution in [0.3, 0.4) is 0 Å². The van der Waals surface area contributed by atoms with E-state index in [2.05, 4.69) is 0 Å². The van der Waals surface area contributed by atoms with Gasteiger partial charge in [0.05, 0.1) is 13.2 Å². The van der Waals surface area contributed by atoms with E-state index in [4.69, 9.17) is 9.47 Å². The first-order valence-corrected chi connectivity index (χ1v) is 7.93. The third-order valence-electron chi connectivity index (χ3n) is 3.60. The molecule has 23 heavy (non-hydrogen) atoms. The zero-order valence-corrected chi connectivity index (χ0v) is 14.3. The minimum absolute atomic E-state index is 0.0772. The molecule has 0 bridgehead atoms. The van der Waals surface area contributed by atoms with Crippen molar-refractivity contribution in [3.05, 3.63) is 59.2 Å². The molecule has 0 fully saturated rings. The van der Waals surface area contributed by atoms with E-state index in [-0.39, 0.29) is 11.9 Å². The van der Waals surface area contributed by atoms with Crippen LogP contribution in [-0.2, 0) is 6.42 Å². The van der Waals surface area contributed by atoms with Crippen LogP contribution in [0.5, 0.6) is 11.5 Å². The maximum atomic E-state index is 12.3. The standard InChI is InChI=1S/C20H24O3/c1-14(2)23-20-13-16(8-12-19(20)22-4)7-11-18(21)17-9-5-15(3)6-10-17/h5-6,8-10,12-14H,7,11H2,1-4H3. The van der Waals surface area contributed by atoms with Crippen LogP contribution in [0.25, 0.3) is 0 Å². The molecule has 0 N–H and O–H groups in total. The van der Waals surface area contributed by atoms with Crippen LogP contribution in [0.4, 0.5) is 0 Å². The fourth-order valence-corrected chi connectivity index (χ4v) is 2.36. The van der Waals surface area contributed by atoms with Crippen LogP contribution in [0.15, 0.2) is 42.5 Å². The summed E-state index contributed by atoms with van der Waals surface area (Å²) in [6.45, 7) is 5.97. The minimum atomic E-state index is 0.0772. The molecule has 0 saturated carbocycles. The van der Waals surface area contributed by atoms with Crippen molar-refractivity contribution in [2.75, 3.05) is 7.11 Å². The van der Waals surface area contributed by atoms with Crippen molar-refractivity contribution in [3.8, 4) is 11.5 Å². The van der Waals surface area contributed by atoms with Gasteiger partial charge in [0.1, 0.15) is 0 Å². The van der Waals surface area contributed by atoms with Crippen molar-refractivity contribution < 1.29 is 14.3 Å². The van der Waals surface area contributed by atoms with Crippen LogP contribution >= 0.6 is 0 Å². The van der Waals surface area contributed by atoms with Gasteiger partial charge in [0.15, 0.2) is 17.3 Å². The van der Waals surface area contributed by atoms with Gasteiger partial charge in [-0.2, -0.15) is 0 Å². The number of hydrogen-bond acceptors (Lipinski definition) is 3. The number of ketones is 1. The van der Waals surface area contributed by atoms with E-state index in [1.54, 1.807) is 7.11 Å². The lowest BCUT2D eigenvalue weighted by Gasteiger charge is -2.14. The number of ether oxygens (including phenoxy) is 2. The van der Waals surface area contributed by atoms with E-state index >= 15 is 0 Å². The minimum Gasteiger partial charge on any atom is -0.493 e. The van der Waals surface area contributed by atoms with E-state index in [0.717, 1.165) is 22.4 Å². The first-order valence-electron chi connectivity index (χ1n) is 7.93. The van der Waals surface area contributed by atoms with Crippen molar-refractivity contribution in [1.29, 1.82) is 0 Å². The fourth-order valence-electron chi connectivity index (χ4n) is 2.36. The van der Waals surface area contributed by atoms with Crippen LogP contribution in [0, 0.1) is 6.92 Å². The molecule has 2 aromatic rings. The number of rotatable bonds is 7. The molecule has 0 amide bonds. The first-order chi connectivity index (χ1) is 11.0. The highest BCUT2D eigenvalue weighted by atomic mass is 16.5. The molecule has 0 aliphatic rings. The van der Waals surface area contributed by atoms with Crippen LogP contribution in [0.2, 0.25) is 0 Å². The molecular weight excluding hydrogens is 288 g/mol. The molecule has 0 aliphatic heterocycles. The molecule has 0 unspecified atom stereocenters. The van der Waals surface area contributed by atoms with Crippen LogP contribution in [-0.4, -0.2) is 19.0 Å². The summed E-state index contributed by atoms with van der Waals surface area (Å²) in [6.07, 6.45) is 1.25. The topological polar surface area (TPSA) is 35.5 Å². The number of Topliss-reactive ketones (excluding diaryl/α,β-unsaturated/α-hetero) is 1. The Balaban J connectivity index is 2.05. The van der Waals surface area contributed by atoms with Crippen molar-refractivity contribution in [2.45, 2.75) is 39.7 Å². The largest absolute Gasteiger partial charge is 0.493 e. The lowest BCUT2D eigenvalue weighted by molar-refractivity contribution is 0.0982. The summed E-state index contributed by atoms with van der Waals surface area (Å²) in [5.74, 6) is 1.60. The normalized spacial score (nSPS) is 10.7. The Morgan fingerprint density at radius 2 is 1.74 bits per heavy atom. The zero-order chi connectivity index (χ0) is 16.8. The highest BCUT2D eigenvalue weighted by Gasteiger charge is 2.10. The Kier molecular flexibility index (Phi) is 5.80. The molecule has 122 valence electrons. The Bertz CT molecular complexity index is 657. The van der Waals surface area contributed by atoms with E-state index in [1.807, 2.05) is 63.2 Å². The maximum Gasteiger partial charge on any atom is 0.163 e. The second-order valence-electron chi connectivity index (χ2n) is 5.94. The van der Waals surface area contributed by atoms with E-state index in [0.29, 0.717) is 18.6 Å². The quantitative estimate of drug-likeness (QED) is 0.701. The Morgan fingerprint density at radius 3 is 2.35 bits per heavy atom. The lowest BCUT2D eigenvalue weighted by atomic mass is 10.0. The second-order valence-corrected chi connectivity index (χ2v) is 5.94. The summed E-state index contributed by atoms with van der Waals surface area (Å²) in [5.41, 5.74) is 3.00. The molecule has 0 atom stereocenters. The van der Waals surface area contributed by atoms with Gasteiger partial charge >= 0.3 is 0 Å². The number of benzene rings is 2. The molecule has 2 rings (SSSR count). The van der Waals surface area contributed by atoms with Gasteiger partial charge in [0, 0.05) is 12.0 Å². The number of methoxy groups -OCH3 is 1. The Labute approximate surface area is 138 Å². The van der Waals surface area contributed by atoms with E-state index in [9.17, 15) is 4.79 Å². The molecule has 0 heterocycles. The molecule has 3 heteroatoms. The molecule has 3 nitrogen and oxygen atoms in total. The summed E-state index contributed by atoms with van der Waals surface area (Å²) in [5, 5.41) is 0. The van der Waals surface area contributed by atoms with Gasteiger partial charge in [-0.25, -0.2) is 0 Å². The van der Waals surface area contributed by atoms with Gasteiger partial charge in [-0.3, -0.25) is 4.79 Å². The SMILES string of the molecule is COc1ccc(CCC(=O)c2ccc(C)cc2)cc1OC(C)C. The van der Waals surface area contributed by atoms with Gasteiger partial charge in [-0.15, -0.1) is 0 Å². The van der Waals surface area contributed by atoms with Gasteiger partial charge in [-0.1, -0.05) is 35.9 Å². The molecule has 0 spiro atoms. The van der Waals surface area contributed by atoms with Crippen molar-refractivity contribution in [1.82, 2.24) is 0 Å². The van der Waals surface area contributed by atoms with Gasteiger partial charge in [0.2, 0.25) is 0 Å². The monoisotopic (exact) mass is 312 g/mol. The number of hydrogen-bond donors (Lipinski definition) is 0. The third kappa shape index (κ3) is 4.85. The summed E-state index contributed by atoms with van der Waals surface area (Å²) in [6, 6.07) is 13.5.